The van der Waals surface area contributed by atoms with E-state index >= 15 is 0 Å². The molecule has 1 aliphatic heterocycles. The summed E-state index contributed by atoms with van der Waals surface area (Å²) in [5.74, 6) is 0.0550. The maximum absolute atomic E-state index is 12.2. The van der Waals surface area contributed by atoms with E-state index in [1.165, 1.54) is 0 Å². The van der Waals surface area contributed by atoms with E-state index < -0.39 is 0 Å². The number of hydrogen-bond acceptors (Lipinski definition) is 2. The highest BCUT2D eigenvalue weighted by atomic mass is 35.5. The number of rotatable bonds is 2. The van der Waals surface area contributed by atoms with E-state index in [1.54, 1.807) is 12.1 Å². The summed E-state index contributed by atoms with van der Waals surface area (Å²) in [5, 5.41) is 3.90. The van der Waals surface area contributed by atoms with Gasteiger partial charge in [0.1, 0.15) is 0 Å². The van der Waals surface area contributed by atoms with Gasteiger partial charge in [0.15, 0.2) is 0 Å². The highest BCUT2D eigenvalue weighted by molar-refractivity contribution is 6.30. The van der Waals surface area contributed by atoms with Crippen LogP contribution in [0.5, 0.6) is 0 Å². The summed E-state index contributed by atoms with van der Waals surface area (Å²) in [6, 6.07) is 7.46. The van der Waals surface area contributed by atoms with Crippen LogP contribution in [0.2, 0.25) is 5.02 Å². The van der Waals surface area contributed by atoms with Gasteiger partial charge >= 0.3 is 0 Å². The van der Waals surface area contributed by atoms with E-state index in [2.05, 4.69) is 5.32 Å². The molecular weight excluding hydrogens is 236 g/mol. The molecular formula is C13H17ClN2O. The Kier molecular flexibility index (Phi) is 4.02. The van der Waals surface area contributed by atoms with Crippen LogP contribution in [0.15, 0.2) is 24.3 Å². The van der Waals surface area contributed by atoms with Gasteiger partial charge in [-0.25, -0.2) is 0 Å². The zero-order valence-electron chi connectivity index (χ0n) is 9.95. The van der Waals surface area contributed by atoms with Gasteiger partial charge in [-0.2, -0.15) is 0 Å². The van der Waals surface area contributed by atoms with Crippen LogP contribution in [0.1, 0.15) is 23.2 Å². The Balaban J connectivity index is 2.08. The third kappa shape index (κ3) is 2.99. The monoisotopic (exact) mass is 252 g/mol. The molecule has 1 heterocycles. The third-order valence-electron chi connectivity index (χ3n) is 3.25. The summed E-state index contributed by atoms with van der Waals surface area (Å²) < 4.78 is 0. The second-order valence-electron chi connectivity index (χ2n) is 4.41. The molecule has 0 atom stereocenters. The Bertz CT molecular complexity index is 402. The molecule has 1 N–H and O–H groups in total. The molecule has 0 saturated carbocycles. The van der Waals surface area contributed by atoms with Gasteiger partial charge in [-0.05, 0) is 44.1 Å². The molecule has 1 aromatic carbocycles. The van der Waals surface area contributed by atoms with E-state index in [4.69, 9.17) is 11.6 Å². The zero-order valence-corrected chi connectivity index (χ0v) is 10.7. The van der Waals surface area contributed by atoms with Crippen LogP contribution in [0.4, 0.5) is 0 Å². The van der Waals surface area contributed by atoms with Crippen molar-refractivity contribution >= 4 is 17.5 Å². The number of piperidine rings is 1. The SMILES string of the molecule is CN(C(=O)c1cccc(Cl)c1)C1CCNCC1. The van der Waals surface area contributed by atoms with Gasteiger partial charge in [0, 0.05) is 23.7 Å². The Labute approximate surface area is 107 Å². The van der Waals surface area contributed by atoms with Crippen molar-refractivity contribution in [3.63, 3.8) is 0 Å². The second kappa shape index (κ2) is 5.52. The topological polar surface area (TPSA) is 32.3 Å². The lowest BCUT2D eigenvalue weighted by atomic mass is 10.0. The first-order valence-electron chi connectivity index (χ1n) is 5.92. The summed E-state index contributed by atoms with van der Waals surface area (Å²) in [4.78, 5) is 14.1. The van der Waals surface area contributed by atoms with Crippen LogP contribution in [-0.2, 0) is 0 Å². The molecule has 0 aromatic heterocycles. The lowest BCUT2D eigenvalue weighted by molar-refractivity contribution is 0.0703. The molecule has 1 aromatic rings. The van der Waals surface area contributed by atoms with Gasteiger partial charge in [-0.1, -0.05) is 17.7 Å². The molecule has 0 radical (unpaired) electrons. The van der Waals surface area contributed by atoms with E-state index in [1.807, 2.05) is 24.1 Å². The minimum atomic E-state index is 0.0550. The van der Waals surface area contributed by atoms with Crippen molar-refractivity contribution < 1.29 is 4.79 Å². The highest BCUT2D eigenvalue weighted by Crippen LogP contribution is 2.16. The average molecular weight is 253 g/mol. The van der Waals surface area contributed by atoms with Crippen LogP contribution in [0.25, 0.3) is 0 Å². The number of amides is 1. The van der Waals surface area contributed by atoms with Crippen LogP contribution < -0.4 is 5.32 Å². The summed E-state index contributed by atoms with van der Waals surface area (Å²) in [7, 11) is 1.87. The minimum Gasteiger partial charge on any atom is -0.339 e. The fraction of sp³-hybridized carbons (Fsp3) is 0.462. The van der Waals surface area contributed by atoms with E-state index in [-0.39, 0.29) is 5.91 Å². The predicted octanol–water partition coefficient (Wildman–Crippen LogP) is 2.16. The first-order valence-corrected chi connectivity index (χ1v) is 6.30. The van der Waals surface area contributed by atoms with Crippen LogP contribution >= 0.6 is 11.6 Å². The number of nitrogens with one attached hydrogen (secondary N) is 1. The van der Waals surface area contributed by atoms with Gasteiger partial charge in [-0.15, -0.1) is 0 Å². The summed E-state index contributed by atoms with van der Waals surface area (Å²) in [5.41, 5.74) is 0.665. The standard InChI is InChI=1S/C13H17ClN2O/c1-16(12-5-7-15-8-6-12)13(17)10-3-2-4-11(14)9-10/h2-4,9,12,15H,5-8H2,1H3. The van der Waals surface area contributed by atoms with Gasteiger partial charge in [0.05, 0.1) is 0 Å². The van der Waals surface area contributed by atoms with E-state index in [0.717, 1.165) is 25.9 Å². The molecule has 0 spiro atoms. The fourth-order valence-electron chi connectivity index (χ4n) is 2.18. The van der Waals surface area contributed by atoms with Crippen LogP contribution in [0.3, 0.4) is 0 Å². The van der Waals surface area contributed by atoms with Crippen molar-refractivity contribution in [2.75, 3.05) is 20.1 Å². The third-order valence-corrected chi connectivity index (χ3v) is 3.48. The van der Waals surface area contributed by atoms with Gasteiger partial charge in [-0.3, -0.25) is 4.79 Å². The van der Waals surface area contributed by atoms with Crippen molar-refractivity contribution in [2.45, 2.75) is 18.9 Å². The van der Waals surface area contributed by atoms with E-state index in [0.29, 0.717) is 16.6 Å². The normalized spacial score (nSPS) is 16.8. The molecule has 1 fully saturated rings. The molecule has 0 aliphatic carbocycles. The quantitative estimate of drug-likeness (QED) is 0.875. The van der Waals surface area contributed by atoms with Gasteiger partial charge in [0.2, 0.25) is 0 Å². The number of carbonyl (C=O) groups excluding carboxylic acids is 1. The number of carbonyl (C=O) groups is 1. The lowest BCUT2D eigenvalue weighted by Gasteiger charge is -2.31. The molecule has 3 nitrogen and oxygen atoms in total. The Morgan fingerprint density at radius 2 is 2.12 bits per heavy atom. The molecule has 92 valence electrons. The molecule has 1 amide bonds. The summed E-state index contributed by atoms with van der Waals surface area (Å²) in [6.45, 7) is 1.97. The molecule has 17 heavy (non-hydrogen) atoms. The largest absolute Gasteiger partial charge is 0.339 e. The smallest absolute Gasteiger partial charge is 0.253 e. The first kappa shape index (κ1) is 12.4. The van der Waals surface area contributed by atoms with Gasteiger partial charge < -0.3 is 10.2 Å². The van der Waals surface area contributed by atoms with Gasteiger partial charge in [0.25, 0.3) is 5.91 Å². The van der Waals surface area contributed by atoms with Crippen molar-refractivity contribution in [2.24, 2.45) is 0 Å². The Morgan fingerprint density at radius 3 is 2.76 bits per heavy atom. The van der Waals surface area contributed by atoms with Crippen LogP contribution in [0, 0.1) is 0 Å². The van der Waals surface area contributed by atoms with Crippen molar-refractivity contribution in [1.82, 2.24) is 10.2 Å². The number of halogens is 1. The molecule has 0 unspecified atom stereocenters. The van der Waals surface area contributed by atoms with Crippen molar-refractivity contribution in [1.29, 1.82) is 0 Å². The molecule has 2 rings (SSSR count). The number of nitrogens with zero attached hydrogens (tertiary/aromatic N) is 1. The zero-order chi connectivity index (χ0) is 12.3. The maximum Gasteiger partial charge on any atom is 0.253 e. The van der Waals surface area contributed by atoms with Crippen molar-refractivity contribution in [3.05, 3.63) is 34.9 Å². The minimum absolute atomic E-state index is 0.0550. The Hall–Kier alpha value is -1.06. The number of hydrogen-bond donors (Lipinski definition) is 1. The maximum atomic E-state index is 12.2. The van der Waals surface area contributed by atoms with E-state index in [9.17, 15) is 4.79 Å². The second-order valence-corrected chi connectivity index (χ2v) is 4.84. The molecule has 1 aliphatic rings. The summed E-state index contributed by atoms with van der Waals surface area (Å²) >= 11 is 5.90. The number of benzene rings is 1. The molecule has 1 saturated heterocycles. The molecule has 0 bridgehead atoms. The first-order chi connectivity index (χ1) is 8.18. The lowest BCUT2D eigenvalue weighted by Crippen LogP contribution is -2.43. The predicted molar refractivity (Wildman–Crippen MR) is 69.4 cm³/mol. The fourth-order valence-corrected chi connectivity index (χ4v) is 2.38. The highest BCUT2D eigenvalue weighted by Gasteiger charge is 2.22. The Morgan fingerprint density at radius 1 is 1.41 bits per heavy atom. The average Bonchev–Trinajstić information content (AvgIpc) is 2.38. The summed E-state index contributed by atoms with van der Waals surface area (Å²) in [6.07, 6.45) is 2.03. The molecule has 4 heteroatoms. The van der Waals surface area contributed by atoms with Crippen molar-refractivity contribution in [3.8, 4) is 0 Å². The van der Waals surface area contributed by atoms with Crippen LogP contribution in [-0.4, -0.2) is 37.0 Å².